The maximum Gasteiger partial charge on any atom is 0.159 e. The Labute approximate surface area is 329 Å². The van der Waals surface area contributed by atoms with Gasteiger partial charge in [0.05, 0.1) is 28.1 Å². The first kappa shape index (κ1) is 31.7. The predicted molar refractivity (Wildman–Crippen MR) is 239 cm³/mol. The molecule has 1 aliphatic rings. The van der Waals surface area contributed by atoms with Crippen LogP contribution in [0.5, 0.6) is 11.5 Å². The number of rotatable bonds is 4. The summed E-state index contributed by atoms with van der Waals surface area (Å²) in [6, 6.07) is 74.5. The summed E-state index contributed by atoms with van der Waals surface area (Å²) in [4.78, 5) is 2.37. The molecular formula is C54H34N2O. The summed E-state index contributed by atoms with van der Waals surface area (Å²) in [5.74, 6) is 1.70. The molecule has 12 rings (SSSR count). The quantitative estimate of drug-likeness (QED) is 0.168. The number of nitrogens with zero attached hydrogens (tertiary/aromatic N) is 2. The fraction of sp³-hybridized carbons (Fsp3) is 0. The number of ether oxygens (including phenoxy) is 1. The molecule has 0 aliphatic carbocycles. The van der Waals surface area contributed by atoms with Crippen molar-refractivity contribution in [1.82, 2.24) is 4.57 Å². The predicted octanol–water partition coefficient (Wildman–Crippen LogP) is 15.2. The van der Waals surface area contributed by atoms with E-state index in [9.17, 15) is 0 Å². The van der Waals surface area contributed by atoms with Gasteiger partial charge in [-0.05, 0) is 93.0 Å². The monoisotopic (exact) mass is 726 g/mol. The molecule has 0 N–H and O–H groups in total. The highest BCUT2D eigenvalue weighted by Crippen LogP contribution is 2.54. The van der Waals surface area contributed by atoms with Crippen LogP contribution in [0, 0.1) is 0 Å². The van der Waals surface area contributed by atoms with Crippen LogP contribution in [-0.2, 0) is 0 Å². The highest BCUT2D eigenvalue weighted by molar-refractivity contribution is 6.15. The van der Waals surface area contributed by atoms with Gasteiger partial charge in [0, 0.05) is 32.6 Å². The minimum Gasteiger partial charge on any atom is -0.452 e. The van der Waals surface area contributed by atoms with E-state index in [0.29, 0.717) is 0 Å². The Bertz CT molecular complexity index is 3340. The summed E-state index contributed by atoms with van der Waals surface area (Å²) in [5.41, 5.74) is 11.3. The molecule has 0 saturated heterocycles. The van der Waals surface area contributed by atoms with Crippen molar-refractivity contribution in [2.45, 2.75) is 0 Å². The Hall–Kier alpha value is -7.62. The zero-order valence-corrected chi connectivity index (χ0v) is 30.9. The van der Waals surface area contributed by atoms with Crippen molar-refractivity contribution in [2.24, 2.45) is 0 Å². The molecule has 266 valence electrons. The van der Waals surface area contributed by atoms with Crippen LogP contribution < -0.4 is 9.64 Å². The lowest BCUT2D eigenvalue weighted by Crippen LogP contribution is -2.16. The fourth-order valence-electron chi connectivity index (χ4n) is 9.07. The molecule has 0 fully saturated rings. The summed E-state index contributed by atoms with van der Waals surface area (Å²) >= 11 is 0. The van der Waals surface area contributed by atoms with Gasteiger partial charge in [-0.2, -0.15) is 0 Å². The van der Waals surface area contributed by atoms with Crippen molar-refractivity contribution >= 4 is 71.2 Å². The molecular weight excluding hydrogens is 693 g/mol. The molecule has 57 heavy (non-hydrogen) atoms. The number of benzene rings is 10. The van der Waals surface area contributed by atoms with Gasteiger partial charge in [-0.3, -0.25) is 0 Å². The molecule has 1 aliphatic heterocycles. The zero-order chi connectivity index (χ0) is 37.5. The average molecular weight is 727 g/mol. The second-order valence-corrected chi connectivity index (χ2v) is 14.9. The van der Waals surface area contributed by atoms with Gasteiger partial charge in [0.1, 0.15) is 0 Å². The van der Waals surface area contributed by atoms with Gasteiger partial charge in [0.15, 0.2) is 11.5 Å². The van der Waals surface area contributed by atoms with Crippen molar-refractivity contribution in [1.29, 1.82) is 0 Å². The summed E-state index contributed by atoms with van der Waals surface area (Å²) in [7, 11) is 0. The van der Waals surface area contributed by atoms with Crippen LogP contribution in [0.15, 0.2) is 206 Å². The molecule has 10 aromatic carbocycles. The number of fused-ring (bicyclic) bond motifs is 9. The fourth-order valence-corrected chi connectivity index (χ4v) is 9.07. The minimum absolute atomic E-state index is 0.827. The van der Waals surface area contributed by atoms with E-state index in [2.05, 4.69) is 216 Å². The lowest BCUT2D eigenvalue weighted by molar-refractivity contribution is 0.482. The molecule has 3 heteroatoms. The molecule has 0 unspecified atom stereocenters. The van der Waals surface area contributed by atoms with E-state index in [1.807, 2.05) is 0 Å². The van der Waals surface area contributed by atoms with E-state index < -0.39 is 0 Å². The molecule has 3 nitrogen and oxygen atoms in total. The van der Waals surface area contributed by atoms with E-state index in [0.717, 1.165) is 50.5 Å². The minimum atomic E-state index is 0.827. The van der Waals surface area contributed by atoms with Crippen molar-refractivity contribution in [3.05, 3.63) is 206 Å². The van der Waals surface area contributed by atoms with Crippen LogP contribution >= 0.6 is 0 Å². The Balaban J connectivity index is 1.06. The number of aromatic nitrogens is 1. The second-order valence-electron chi connectivity index (χ2n) is 14.9. The van der Waals surface area contributed by atoms with E-state index in [-0.39, 0.29) is 0 Å². The topological polar surface area (TPSA) is 17.4 Å². The molecule has 0 amide bonds. The molecule has 2 heterocycles. The summed E-state index contributed by atoms with van der Waals surface area (Å²) in [6.45, 7) is 0. The first-order valence-corrected chi connectivity index (χ1v) is 19.5. The molecule has 1 aromatic heterocycles. The van der Waals surface area contributed by atoms with Gasteiger partial charge >= 0.3 is 0 Å². The first-order chi connectivity index (χ1) is 28.3. The Kier molecular flexibility index (Phi) is 6.93. The van der Waals surface area contributed by atoms with Crippen LogP contribution in [0.1, 0.15) is 0 Å². The maximum absolute atomic E-state index is 6.85. The normalized spacial score (nSPS) is 12.3. The molecule has 0 saturated carbocycles. The average Bonchev–Trinajstić information content (AvgIpc) is 3.60. The molecule has 0 bridgehead atoms. The van der Waals surface area contributed by atoms with Crippen molar-refractivity contribution < 1.29 is 4.74 Å². The van der Waals surface area contributed by atoms with Gasteiger partial charge in [-0.1, -0.05) is 152 Å². The van der Waals surface area contributed by atoms with E-state index in [1.165, 1.54) is 60.2 Å². The van der Waals surface area contributed by atoms with Gasteiger partial charge in [0.25, 0.3) is 0 Å². The third-order valence-electron chi connectivity index (χ3n) is 11.7. The number of hydrogen-bond donors (Lipinski definition) is 0. The highest BCUT2D eigenvalue weighted by Gasteiger charge is 2.28. The van der Waals surface area contributed by atoms with Crippen molar-refractivity contribution in [2.75, 3.05) is 4.90 Å². The largest absolute Gasteiger partial charge is 0.452 e. The second kappa shape index (κ2) is 12.5. The summed E-state index contributed by atoms with van der Waals surface area (Å²) in [5, 5.41) is 9.64. The Morgan fingerprint density at radius 3 is 1.75 bits per heavy atom. The molecule has 0 radical (unpaired) electrons. The summed E-state index contributed by atoms with van der Waals surface area (Å²) < 4.78 is 9.33. The SMILES string of the molecule is c1ccc(-c2cccc(N3c4cc(-c5ccc6c(c5)c5ccccc5n6-c5c6ccccc6cc6ccccc56)ccc4Oc4c3ccc3ccccc43)c2)cc1. The van der Waals surface area contributed by atoms with Crippen LogP contribution in [0.4, 0.5) is 17.1 Å². The van der Waals surface area contributed by atoms with Gasteiger partial charge < -0.3 is 14.2 Å². The highest BCUT2D eigenvalue weighted by atomic mass is 16.5. The summed E-state index contributed by atoms with van der Waals surface area (Å²) in [6.07, 6.45) is 0. The number of anilines is 3. The van der Waals surface area contributed by atoms with Crippen LogP contribution in [0.25, 0.3) is 82.1 Å². The van der Waals surface area contributed by atoms with E-state index in [4.69, 9.17) is 4.74 Å². The third-order valence-corrected chi connectivity index (χ3v) is 11.7. The third kappa shape index (κ3) is 4.92. The lowest BCUT2D eigenvalue weighted by Gasteiger charge is -2.34. The van der Waals surface area contributed by atoms with Crippen molar-refractivity contribution in [3.63, 3.8) is 0 Å². The van der Waals surface area contributed by atoms with E-state index >= 15 is 0 Å². The smallest absolute Gasteiger partial charge is 0.159 e. The van der Waals surface area contributed by atoms with Gasteiger partial charge in [-0.25, -0.2) is 0 Å². The van der Waals surface area contributed by atoms with Crippen molar-refractivity contribution in [3.8, 4) is 39.4 Å². The molecule has 11 aromatic rings. The van der Waals surface area contributed by atoms with Crippen LogP contribution in [-0.4, -0.2) is 4.57 Å². The van der Waals surface area contributed by atoms with Gasteiger partial charge in [-0.15, -0.1) is 0 Å². The molecule has 0 atom stereocenters. The van der Waals surface area contributed by atoms with E-state index in [1.54, 1.807) is 0 Å². The van der Waals surface area contributed by atoms with Gasteiger partial charge in [0.2, 0.25) is 0 Å². The lowest BCUT2D eigenvalue weighted by atomic mass is 9.99. The number of hydrogen-bond acceptors (Lipinski definition) is 2. The Morgan fingerprint density at radius 1 is 0.333 bits per heavy atom. The maximum atomic E-state index is 6.85. The molecule has 0 spiro atoms. The first-order valence-electron chi connectivity index (χ1n) is 19.5. The number of para-hydroxylation sites is 1. The Morgan fingerprint density at radius 2 is 0.947 bits per heavy atom. The van der Waals surface area contributed by atoms with Crippen LogP contribution in [0.2, 0.25) is 0 Å². The zero-order valence-electron chi connectivity index (χ0n) is 30.9. The standard InChI is InChI=1S/C54H34N2O/c1-2-13-35(14-3-1)37-18-12-19-42(32-37)55-50-29-25-36-15-4-9-22-45(36)54(50)57-52-30-27-39(34-51(52)55)38-26-28-49-47(33-38)46-23-10-11-24-48(46)56(49)53-43-20-7-5-16-40(43)31-41-17-6-8-21-44(41)53/h1-34H. The van der Waals surface area contributed by atoms with Crippen LogP contribution in [0.3, 0.4) is 0 Å².